The van der Waals surface area contributed by atoms with Crippen molar-refractivity contribution in [3.63, 3.8) is 0 Å². The molecule has 0 aromatic carbocycles. The molecule has 0 bridgehead atoms. The van der Waals surface area contributed by atoms with Crippen molar-refractivity contribution in [3.05, 3.63) is 41.3 Å². The van der Waals surface area contributed by atoms with Gasteiger partial charge in [-0.05, 0) is 87.9 Å². The second-order valence-electron chi connectivity index (χ2n) is 12.5. The van der Waals surface area contributed by atoms with Crippen LogP contribution < -0.4 is 16.0 Å². The highest BCUT2D eigenvalue weighted by molar-refractivity contribution is 6.33. The number of pyridine rings is 2. The Balaban J connectivity index is 1.06. The molecule has 0 radical (unpaired) electrons. The van der Waals surface area contributed by atoms with E-state index in [0.29, 0.717) is 61.9 Å². The van der Waals surface area contributed by atoms with Crippen molar-refractivity contribution >= 4 is 29.4 Å². The minimum Gasteiger partial charge on any atom is -0.435 e. The van der Waals surface area contributed by atoms with E-state index in [1.807, 2.05) is 24.3 Å². The molecule has 1 saturated heterocycles. The highest BCUT2D eigenvalue weighted by Crippen LogP contribution is 2.32. The third-order valence-electron chi connectivity index (χ3n) is 8.81. The van der Waals surface area contributed by atoms with Crippen molar-refractivity contribution in [1.29, 1.82) is 5.26 Å². The van der Waals surface area contributed by atoms with E-state index in [1.165, 1.54) is 4.68 Å². The van der Waals surface area contributed by atoms with E-state index >= 15 is 0 Å². The topological polar surface area (TPSA) is 183 Å². The summed E-state index contributed by atoms with van der Waals surface area (Å²) in [6.45, 7) is 8.02. The molecule has 4 heterocycles. The number of nitriles is 1. The number of nitrogens with zero attached hydrogens (tertiary/aromatic N) is 7. The molecule has 1 aliphatic heterocycles. The van der Waals surface area contributed by atoms with Crippen LogP contribution in [0.4, 0.5) is 16.4 Å². The van der Waals surface area contributed by atoms with Crippen LogP contribution in [0.1, 0.15) is 71.3 Å². The van der Waals surface area contributed by atoms with E-state index < -0.39 is 17.8 Å². The van der Waals surface area contributed by atoms with Crippen LogP contribution in [0.5, 0.6) is 0 Å². The summed E-state index contributed by atoms with van der Waals surface area (Å²) in [6.07, 6.45) is 5.56. The summed E-state index contributed by atoms with van der Waals surface area (Å²) in [4.78, 5) is 21.0. The van der Waals surface area contributed by atoms with E-state index in [9.17, 15) is 10.1 Å². The third-order valence-corrected chi connectivity index (χ3v) is 9.11. The van der Waals surface area contributed by atoms with Gasteiger partial charge in [-0.3, -0.25) is 0 Å². The second kappa shape index (κ2) is 17.5. The number of tetrazole rings is 1. The van der Waals surface area contributed by atoms with E-state index in [-0.39, 0.29) is 25.3 Å². The maximum atomic E-state index is 11.6. The molecule has 1 aliphatic carbocycles. The monoisotopic (exact) mass is 696 g/mol. The lowest BCUT2D eigenvalue weighted by atomic mass is 9.82. The van der Waals surface area contributed by atoms with Gasteiger partial charge in [0.05, 0.1) is 35.4 Å². The number of ether oxygens (including phenoxy) is 4. The predicted molar refractivity (Wildman–Crippen MR) is 182 cm³/mol. The summed E-state index contributed by atoms with van der Waals surface area (Å²) in [5.41, 5.74) is 1.08. The molecule has 3 aromatic rings. The van der Waals surface area contributed by atoms with Gasteiger partial charge in [0.1, 0.15) is 18.2 Å². The molecule has 264 valence electrons. The standard InChI is InChI=1S/C33H45ClN10O5/c1-4-48-32(45)49-23(3)44-31(41-42-43-44)19-47-18-22(2)38-24-8-10-25(11-9-24)39-30-16-26(27(34)17-36-30)28-6-5-7-29(40-28)37-21-33(20-35)12-14-46-15-13-33/h5-7,16-17,22-25,38H,4,8-15,18-19,21H2,1-3H3,(H,36,39)(H,37,40)/t22-,23+,24-,25-/m0/s1. The van der Waals surface area contributed by atoms with Crippen LogP contribution in [0.3, 0.4) is 0 Å². The normalized spacial score (nSPS) is 20.1. The average molecular weight is 697 g/mol. The molecule has 5 rings (SSSR count). The predicted octanol–water partition coefficient (Wildman–Crippen LogP) is 5.13. The number of rotatable bonds is 15. The van der Waals surface area contributed by atoms with E-state index in [4.69, 9.17) is 35.5 Å². The zero-order valence-electron chi connectivity index (χ0n) is 28.2. The molecule has 2 atom stereocenters. The van der Waals surface area contributed by atoms with Crippen molar-refractivity contribution < 1.29 is 23.7 Å². The molecule has 49 heavy (non-hydrogen) atoms. The Morgan fingerprint density at radius 1 is 1.18 bits per heavy atom. The van der Waals surface area contributed by atoms with Crippen LogP contribution in [-0.4, -0.2) is 87.4 Å². The van der Waals surface area contributed by atoms with Crippen molar-refractivity contribution in [1.82, 2.24) is 35.5 Å². The molecule has 1 saturated carbocycles. The molecule has 2 fully saturated rings. The van der Waals surface area contributed by atoms with Gasteiger partial charge in [0, 0.05) is 49.6 Å². The van der Waals surface area contributed by atoms with Crippen LogP contribution >= 0.6 is 11.6 Å². The largest absolute Gasteiger partial charge is 0.510 e. The van der Waals surface area contributed by atoms with Gasteiger partial charge in [-0.2, -0.15) is 9.94 Å². The molecule has 0 spiro atoms. The van der Waals surface area contributed by atoms with Crippen molar-refractivity contribution in [2.24, 2.45) is 5.41 Å². The molecule has 2 aliphatic rings. The fraction of sp³-hybridized carbons (Fsp3) is 0.606. The molecular weight excluding hydrogens is 652 g/mol. The van der Waals surface area contributed by atoms with Gasteiger partial charge in [-0.1, -0.05) is 17.7 Å². The maximum Gasteiger partial charge on any atom is 0.510 e. The van der Waals surface area contributed by atoms with Crippen LogP contribution in [0.15, 0.2) is 30.5 Å². The first-order valence-electron chi connectivity index (χ1n) is 16.8. The molecular formula is C33H45ClN10O5. The van der Waals surface area contributed by atoms with Crippen molar-refractivity contribution in [2.45, 2.75) is 90.3 Å². The third kappa shape index (κ3) is 10.2. The first kappa shape index (κ1) is 36.2. The minimum atomic E-state index is -0.779. The molecule has 3 aromatic heterocycles. The van der Waals surface area contributed by atoms with Gasteiger partial charge < -0.3 is 34.9 Å². The minimum absolute atomic E-state index is 0.118. The molecule has 3 N–H and O–H groups in total. The van der Waals surface area contributed by atoms with Gasteiger partial charge in [-0.25, -0.2) is 14.8 Å². The lowest BCUT2D eigenvalue weighted by molar-refractivity contribution is -0.00389. The summed E-state index contributed by atoms with van der Waals surface area (Å²) in [5, 5.41) is 32.5. The van der Waals surface area contributed by atoms with Crippen LogP contribution in [0.2, 0.25) is 5.02 Å². The first-order valence-corrected chi connectivity index (χ1v) is 17.2. The van der Waals surface area contributed by atoms with E-state index in [2.05, 4.69) is 49.5 Å². The summed E-state index contributed by atoms with van der Waals surface area (Å²) in [5.74, 6) is 1.91. The van der Waals surface area contributed by atoms with Gasteiger partial charge in [0.2, 0.25) is 0 Å². The average Bonchev–Trinajstić information content (AvgIpc) is 3.58. The molecule has 0 unspecified atom stereocenters. The number of aromatic nitrogens is 6. The lowest BCUT2D eigenvalue weighted by Crippen LogP contribution is -2.43. The van der Waals surface area contributed by atoms with Crippen LogP contribution in [0, 0.1) is 16.7 Å². The fourth-order valence-electron chi connectivity index (χ4n) is 6.07. The Morgan fingerprint density at radius 2 is 1.96 bits per heavy atom. The molecule has 16 heteroatoms. The van der Waals surface area contributed by atoms with Crippen molar-refractivity contribution in [3.8, 4) is 17.3 Å². The Kier molecular flexibility index (Phi) is 12.9. The van der Waals surface area contributed by atoms with Gasteiger partial charge in [0.15, 0.2) is 12.1 Å². The van der Waals surface area contributed by atoms with Gasteiger partial charge >= 0.3 is 6.16 Å². The SMILES string of the molecule is CCOC(=O)O[C@H](C)n1nnnc1COC[C@H](C)N[C@H]1CC[C@H](Nc2cc(-c3cccc(NCC4(C#N)CCOCC4)n3)c(Cl)cn2)CC1. The summed E-state index contributed by atoms with van der Waals surface area (Å²) >= 11 is 6.59. The summed E-state index contributed by atoms with van der Waals surface area (Å²) in [6, 6.07) is 11.0. The Labute approximate surface area is 291 Å². The number of carbonyl (C=O) groups is 1. The molecule has 0 amide bonds. The Bertz CT molecular complexity index is 1550. The maximum absolute atomic E-state index is 11.6. The van der Waals surface area contributed by atoms with E-state index in [0.717, 1.165) is 42.8 Å². The number of halogens is 1. The summed E-state index contributed by atoms with van der Waals surface area (Å²) < 4.78 is 22.7. The number of carbonyl (C=O) groups excluding carboxylic acids is 1. The van der Waals surface area contributed by atoms with Crippen molar-refractivity contribution in [2.75, 3.05) is 43.6 Å². The lowest BCUT2D eigenvalue weighted by Gasteiger charge is -2.32. The second-order valence-corrected chi connectivity index (χ2v) is 12.9. The van der Waals surface area contributed by atoms with Crippen LogP contribution in [0.25, 0.3) is 11.3 Å². The number of anilines is 2. The molecule has 15 nitrogen and oxygen atoms in total. The zero-order chi connectivity index (χ0) is 34.6. The van der Waals surface area contributed by atoms with E-state index in [1.54, 1.807) is 20.0 Å². The zero-order valence-corrected chi connectivity index (χ0v) is 29.0. The van der Waals surface area contributed by atoms with Gasteiger partial charge in [-0.15, -0.1) is 5.10 Å². The number of hydrogen-bond donors (Lipinski definition) is 3. The fourth-order valence-corrected chi connectivity index (χ4v) is 6.27. The highest BCUT2D eigenvalue weighted by Gasteiger charge is 2.32. The first-order chi connectivity index (χ1) is 23.8. The highest BCUT2D eigenvalue weighted by atomic mass is 35.5. The quantitative estimate of drug-likeness (QED) is 0.178. The smallest absolute Gasteiger partial charge is 0.435 e. The Hall–Kier alpha value is -4.10. The summed E-state index contributed by atoms with van der Waals surface area (Å²) in [7, 11) is 0. The Morgan fingerprint density at radius 3 is 2.71 bits per heavy atom. The number of hydrogen-bond acceptors (Lipinski definition) is 14. The van der Waals surface area contributed by atoms with Crippen LogP contribution in [-0.2, 0) is 25.6 Å². The number of nitrogens with one attached hydrogen (secondary N) is 3. The van der Waals surface area contributed by atoms with Gasteiger partial charge in [0.25, 0.3) is 0 Å².